The number of aromatic nitrogens is 3. The fraction of sp³-hybridized carbons (Fsp3) is 0.308. The zero-order valence-corrected chi connectivity index (χ0v) is 10.2. The van der Waals surface area contributed by atoms with Gasteiger partial charge in [-0.05, 0) is 32.9 Å². The van der Waals surface area contributed by atoms with Gasteiger partial charge in [-0.2, -0.15) is 5.10 Å². The van der Waals surface area contributed by atoms with Crippen LogP contribution < -0.4 is 0 Å². The minimum Gasteiger partial charge on any atom is -0.298 e. The standard InChI is InChI=1S/C13H15N3O/c1-13(2,3)16-8-10(9-17)12(15-16)11-6-4-5-7-14-11/h4-9H,1-3H3. The Balaban J connectivity index is 2.55. The molecule has 0 unspecified atom stereocenters. The SMILES string of the molecule is CC(C)(C)n1cc(C=O)c(-c2ccccn2)n1. The summed E-state index contributed by atoms with van der Waals surface area (Å²) in [6, 6.07) is 5.57. The summed E-state index contributed by atoms with van der Waals surface area (Å²) < 4.78 is 1.79. The quantitative estimate of drug-likeness (QED) is 0.743. The first-order chi connectivity index (χ1) is 8.02. The van der Waals surface area contributed by atoms with Crippen molar-refractivity contribution in [3.63, 3.8) is 0 Å². The van der Waals surface area contributed by atoms with Gasteiger partial charge in [-0.25, -0.2) is 0 Å². The lowest BCUT2D eigenvalue weighted by Crippen LogP contribution is -2.22. The summed E-state index contributed by atoms with van der Waals surface area (Å²) in [6.45, 7) is 6.12. The number of rotatable bonds is 2. The molecule has 0 spiro atoms. The van der Waals surface area contributed by atoms with Crippen molar-refractivity contribution in [1.82, 2.24) is 14.8 Å². The van der Waals surface area contributed by atoms with Crippen LogP contribution in [0, 0.1) is 0 Å². The first-order valence-corrected chi connectivity index (χ1v) is 5.49. The molecule has 0 N–H and O–H groups in total. The Morgan fingerprint density at radius 3 is 2.59 bits per heavy atom. The molecule has 2 rings (SSSR count). The van der Waals surface area contributed by atoms with Crippen LogP contribution in [0.5, 0.6) is 0 Å². The molecule has 0 aliphatic rings. The number of hydrogen-bond acceptors (Lipinski definition) is 3. The largest absolute Gasteiger partial charge is 0.298 e. The maximum atomic E-state index is 11.1. The minimum absolute atomic E-state index is 0.148. The molecule has 2 heterocycles. The number of pyridine rings is 1. The van der Waals surface area contributed by atoms with Gasteiger partial charge in [0.25, 0.3) is 0 Å². The van der Waals surface area contributed by atoms with E-state index in [4.69, 9.17) is 0 Å². The van der Waals surface area contributed by atoms with Crippen LogP contribution in [0.2, 0.25) is 0 Å². The molecule has 88 valence electrons. The predicted molar refractivity (Wildman–Crippen MR) is 65.8 cm³/mol. The van der Waals surface area contributed by atoms with Gasteiger partial charge in [0.15, 0.2) is 6.29 Å². The van der Waals surface area contributed by atoms with Crippen LogP contribution in [0.3, 0.4) is 0 Å². The Morgan fingerprint density at radius 2 is 2.06 bits per heavy atom. The second-order valence-electron chi connectivity index (χ2n) is 4.88. The molecule has 0 aliphatic carbocycles. The molecular formula is C13H15N3O. The zero-order chi connectivity index (χ0) is 12.5. The average Bonchev–Trinajstić information content (AvgIpc) is 2.73. The molecule has 0 aromatic carbocycles. The molecule has 0 atom stereocenters. The molecule has 0 fully saturated rings. The number of hydrogen-bond donors (Lipinski definition) is 0. The van der Waals surface area contributed by atoms with Crippen molar-refractivity contribution < 1.29 is 4.79 Å². The third kappa shape index (κ3) is 2.25. The van der Waals surface area contributed by atoms with E-state index in [9.17, 15) is 4.79 Å². The molecule has 0 bridgehead atoms. The van der Waals surface area contributed by atoms with E-state index in [1.54, 1.807) is 17.1 Å². The van der Waals surface area contributed by atoms with E-state index in [0.29, 0.717) is 11.3 Å². The Morgan fingerprint density at radius 1 is 1.29 bits per heavy atom. The smallest absolute Gasteiger partial charge is 0.153 e. The highest BCUT2D eigenvalue weighted by atomic mass is 16.1. The number of aldehydes is 1. The minimum atomic E-state index is -0.148. The van der Waals surface area contributed by atoms with E-state index in [1.807, 2.05) is 39.0 Å². The van der Waals surface area contributed by atoms with Crippen molar-refractivity contribution >= 4 is 6.29 Å². The maximum Gasteiger partial charge on any atom is 0.153 e. The molecule has 4 nitrogen and oxygen atoms in total. The molecule has 0 radical (unpaired) electrons. The van der Waals surface area contributed by atoms with Crippen LogP contribution in [0.25, 0.3) is 11.4 Å². The molecule has 4 heteroatoms. The lowest BCUT2D eigenvalue weighted by Gasteiger charge is -2.18. The fourth-order valence-corrected chi connectivity index (χ4v) is 1.52. The highest BCUT2D eigenvalue weighted by molar-refractivity contribution is 5.84. The number of nitrogens with zero attached hydrogens (tertiary/aromatic N) is 3. The van der Waals surface area contributed by atoms with Crippen molar-refractivity contribution in [2.75, 3.05) is 0 Å². The van der Waals surface area contributed by atoms with E-state index in [1.165, 1.54) is 0 Å². The third-order valence-electron chi connectivity index (χ3n) is 2.46. The highest BCUT2D eigenvalue weighted by Crippen LogP contribution is 2.22. The Labute approximate surface area is 100 Å². The summed E-state index contributed by atoms with van der Waals surface area (Å²) in [6.07, 6.45) is 4.27. The molecule has 2 aromatic heterocycles. The van der Waals surface area contributed by atoms with Crippen molar-refractivity contribution in [3.8, 4) is 11.4 Å². The van der Waals surface area contributed by atoms with Crippen molar-refractivity contribution in [2.24, 2.45) is 0 Å². The predicted octanol–water partition coefficient (Wildman–Crippen LogP) is 2.51. The molecule has 0 saturated carbocycles. The van der Waals surface area contributed by atoms with Gasteiger partial charge in [0.2, 0.25) is 0 Å². The third-order valence-corrected chi connectivity index (χ3v) is 2.46. The van der Waals surface area contributed by atoms with Gasteiger partial charge in [0.1, 0.15) is 5.69 Å². The fourth-order valence-electron chi connectivity index (χ4n) is 1.52. The summed E-state index contributed by atoms with van der Waals surface area (Å²) >= 11 is 0. The number of carbonyl (C=O) groups is 1. The second kappa shape index (κ2) is 4.13. The normalized spacial score (nSPS) is 11.5. The monoisotopic (exact) mass is 229 g/mol. The summed E-state index contributed by atoms with van der Waals surface area (Å²) in [5.74, 6) is 0. The van der Waals surface area contributed by atoms with Crippen molar-refractivity contribution in [2.45, 2.75) is 26.3 Å². The molecule has 17 heavy (non-hydrogen) atoms. The Hall–Kier alpha value is -1.97. The maximum absolute atomic E-state index is 11.1. The first kappa shape index (κ1) is 11.5. The lowest BCUT2D eigenvalue weighted by molar-refractivity contribution is 0.112. The average molecular weight is 229 g/mol. The van der Waals surface area contributed by atoms with Crippen molar-refractivity contribution in [1.29, 1.82) is 0 Å². The van der Waals surface area contributed by atoms with E-state index in [0.717, 1.165) is 12.0 Å². The summed E-state index contributed by atoms with van der Waals surface area (Å²) in [4.78, 5) is 15.3. The van der Waals surface area contributed by atoms with Crippen LogP contribution in [-0.2, 0) is 5.54 Å². The van der Waals surface area contributed by atoms with Gasteiger partial charge in [-0.1, -0.05) is 6.07 Å². The Kier molecular flexibility index (Phi) is 2.79. The van der Waals surface area contributed by atoms with Crippen molar-refractivity contribution in [3.05, 3.63) is 36.2 Å². The number of carbonyl (C=O) groups excluding carboxylic acids is 1. The molecular weight excluding hydrogens is 214 g/mol. The van der Waals surface area contributed by atoms with Crippen LogP contribution in [0.15, 0.2) is 30.6 Å². The first-order valence-electron chi connectivity index (χ1n) is 5.49. The van der Waals surface area contributed by atoms with Gasteiger partial charge >= 0.3 is 0 Å². The second-order valence-corrected chi connectivity index (χ2v) is 4.88. The van der Waals surface area contributed by atoms with Crippen LogP contribution in [0.4, 0.5) is 0 Å². The molecule has 2 aromatic rings. The van der Waals surface area contributed by atoms with Crippen LogP contribution >= 0.6 is 0 Å². The zero-order valence-electron chi connectivity index (χ0n) is 10.2. The van der Waals surface area contributed by atoms with E-state index in [-0.39, 0.29) is 5.54 Å². The van der Waals surface area contributed by atoms with Gasteiger partial charge in [-0.3, -0.25) is 14.5 Å². The van der Waals surface area contributed by atoms with Crippen LogP contribution in [-0.4, -0.2) is 21.1 Å². The Bertz CT molecular complexity index is 523. The van der Waals surface area contributed by atoms with Gasteiger partial charge in [0, 0.05) is 12.4 Å². The molecule has 0 saturated heterocycles. The summed E-state index contributed by atoms with van der Waals surface area (Å²) in [5, 5.41) is 4.45. The summed E-state index contributed by atoms with van der Waals surface area (Å²) in [5.41, 5.74) is 1.77. The van der Waals surface area contributed by atoms with Gasteiger partial charge < -0.3 is 0 Å². The van der Waals surface area contributed by atoms with Crippen LogP contribution in [0.1, 0.15) is 31.1 Å². The molecule has 0 aliphatic heterocycles. The van der Waals surface area contributed by atoms with Gasteiger partial charge in [-0.15, -0.1) is 0 Å². The molecule has 0 amide bonds. The summed E-state index contributed by atoms with van der Waals surface area (Å²) in [7, 11) is 0. The highest BCUT2D eigenvalue weighted by Gasteiger charge is 2.18. The van der Waals surface area contributed by atoms with Gasteiger partial charge in [0.05, 0.1) is 16.8 Å². The topological polar surface area (TPSA) is 47.8 Å². The van der Waals surface area contributed by atoms with E-state index >= 15 is 0 Å². The lowest BCUT2D eigenvalue weighted by atomic mass is 10.1. The van der Waals surface area contributed by atoms with E-state index < -0.39 is 0 Å². The van der Waals surface area contributed by atoms with E-state index in [2.05, 4.69) is 10.1 Å².